The summed E-state index contributed by atoms with van der Waals surface area (Å²) in [4.78, 5) is 11.5. The van der Waals surface area contributed by atoms with Gasteiger partial charge in [0.1, 0.15) is 11.9 Å². The molecule has 2 heterocycles. The van der Waals surface area contributed by atoms with Crippen molar-refractivity contribution in [3.63, 3.8) is 0 Å². The van der Waals surface area contributed by atoms with Crippen molar-refractivity contribution in [3.8, 4) is 5.75 Å². The molecule has 0 atom stereocenters. The molecular formula is C19H21NO2S. The number of hydrogen-bond acceptors (Lipinski definition) is 3. The number of rotatable bonds is 4. The lowest BCUT2D eigenvalue weighted by Gasteiger charge is -2.26. The highest BCUT2D eigenvalue weighted by Gasteiger charge is 2.20. The van der Waals surface area contributed by atoms with E-state index in [0.717, 1.165) is 39.8 Å². The van der Waals surface area contributed by atoms with E-state index in [4.69, 9.17) is 4.74 Å². The number of pyridine rings is 1. The number of aryl methyl sites for hydroxylation is 3. The Morgan fingerprint density at radius 2 is 1.83 bits per heavy atom. The average molecular weight is 327 g/mol. The molecule has 0 unspecified atom stereocenters. The second kappa shape index (κ2) is 6.67. The lowest BCUT2D eigenvalue weighted by Crippen LogP contribution is -2.31. The first kappa shape index (κ1) is 15.9. The molecular weight excluding hydrogens is 306 g/mol. The minimum Gasteiger partial charge on any atom is -0.488 e. The molecule has 1 fully saturated rings. The quantitative estimate of drug-likeness (QED) is 0.853. The maximum absolute atomic E-state index is 11.5. The average Bonchev–Trinajstić information content (AvgIpc) is 2.44. The Morgan fingerprint density at radius 3 is 2.43 bits per heavy atom. The number of nitrogens with zero attached hydrogens (tertiary/aromatic N) is 1. The fourth-order valence-corrected chi connectivity index (χ4v) is 3.14. The Bertz CT molecular complexity index is 777. The minimum atomic E-state index is 0.0500. The van der Waals surface area contributed by atoms with Crippen molar-refractivity contribution in [1.82, 2.24) is 4.57 Å². The molecule has 4 heteroatoms. The van der Waals surface area contributed by atoms with E-state index in [-0.39, 0.29) is 5.43 Å². The van der Waals surface area contributed by atoms with Crippen LogP contribution in [-0.4, -0.2) is 22.2 Å². The van der Waals surface area contributed by atoms with Crippen LogP contribution >= 0.6 is 11.8 Å². The Balaban J connectivity index is 1.85. The van der Waals surface area contributed by atoms with Crippen molar-refractivity contribution in [3.05, 3.63) is 63.1 Å². The summed E-state index contributed by atoms with van der Waals surface area (Å²) in [6, 6.07) is 9.56. The topological polar surface area (TPSA) is 31.2 Å². The predicted octanol–water partition coefficient (Wildman–Crippen LogP) is 3.90. The highest BCUT2D eigenvalue weighted by Crippen LogP contribution is 2.27. The van der Waals surface area contributed by atoms with E-state index in [1.165, 1.54) is 0 Å². The molecule has 1 aliphatic heterocycles. The third-order valence-electron chi connectivity index (χ3n) is 3.99. The van der Waals surface area contributed by atoms with Gasteiger partial charge in [-0.05, 0) is 44.0 Å². The Morgan fingerprint density at radius 1 is 1.13 bits per heavy atom. The molecule has 3 rings (SSSR count). The monoisotopic (exact) mass is 327 g/mol. The maximum atomic E-state index is 11.5. The summed E-state index contributed by atoms with van der Waals surface area (Å²) in [5.41, 5.74) is 4.17. The highest BCUT2D eigenvalue weighted by atomic mass is 32.2. The molecule has 0 amide bonds. The van der Waals surface area contributed by atoms with Crippen molar-refractivity contribution in [2.45, 2.75) is 26.9 Å². The molecule has 1 aliphatic rings. The molecule has 3 nitrogen and oxygen atoms in total. The summed E-state index contributed by atoms with van der Waals surface area (Å²) >= 11 is 1.92. The first-order valence-corrected chi connectivity index (χ1v) is 8.91. The molecule has 0 spiro atoms. The van der Waals surface area contributed by atoms with Gasteiger partial charge in [0.15, 0.2) is 5.43 Å². The summed E-state index contributed by atoms with van der Waals surface area (Å²) in [5.74, 6) is 3.12. The normalized spacial score (nSPS) is 14.9. The van der Waals surface area contributed by atoms with Gasteiger partial charge in [-0.3, -0.25) is 4.79 Å². The zero-order chi connectivity index (χ0) is 16.4. The zero-order valence-corrected chi connectivity index (χ0v) is 14.5. The van der Waals surface area contributed by atoms with Gasteiger partial charge in [0, 0.05) is 41.2 Å². The van der Waals surface area contributed by atoms with Crippen LogP contribution in [0.15, 0.2) is 35.1 Å². The molecule has 0 saturated carbocycles. The van der Waals surface area contributed by atoms with E-state index >= 15 is 0 Å². The first-order valence-electron chi connectivity index (χ1n) is 7.76. The third-order valence-corrected chi connectivity index (χ3v) is 5.21. The number of aromatic nitrogens is 1. The van der Waals surface area contributed by atoms with Crippen LogP contribution in [0.3, 0.4) is 0 Å². The lowest BCUT2D eigenvalue weighted by atomic mass is 10.1. The largest absolute Gasteiger partial charge is 0.488 e. The van der Waals surface area contributed by atoms with E-state index in [0.29, 0.717) is 6.10 Å². The minimum absolute atomic E-state index is 0.0500. The standard InChI is InChI=1S/C19H21NO2S/c1-13-4-5-16(10-19(13)22-18-11-23-12-18)6-7-20-14(2)8-17(21)9-15(20)3/h4-10,18H,11-12H2,1-3H3/b7-6+. The van der Waals surface area contributed by atoms with Crippen LogP contribution in [0.1, 0.15) is 22.5 Å². The molecule has 2 aromatic rings. The Hall–Kier alpha value is -1.94. The highest BCUT2D eigenvalue weighted by molar-refractivity contribution is 8.00. The molecule has 120 valence electrons. The van der Waals surface area contributed by atoms with Crippen molar-refractivity contribution in [2.75, 3.05) is 11.5 Å². The summed E-state index contributed by atoms with van der Waals surface area (Å²) in [7, 11) is 0. The van der Waals surface area contributed by atoms with E-state index in [9.17, 15) is 4.79 Å². The van der Waals surface area contributed by atoms with Crippen LogP contribution in [0.4, 0.5) is 0 Å². The van der Waals surface area contributed by atoms with Gasteiger partial charge >= 0.3 is 0 Å². The van der Waals surface area contributed by atoms with Gasteiger partial charge < -0.3 is 9.30 Å². The van der Waals surface area contributed by atoms with Gasteiger partial charge in [-0.2, -0.15) is 11.8 Å². The van der Waals surface area contributed by atoms with Crippen LogP contribution in [0.2, 0.25) is 0 Å². The molecule has 0 aliphatic carbocycles. The molecule has 1 aromatic carbocycles. The van der Waals surface area contributed by atoms with Crippen molar-refractivity contribution in [2.24, 2.45) is 0 Å². The third kappa shape index (κ3) is 3.70. The second-order valence-electron chi connectivity index (χ2n) is 5.96. The molecule has 0 bridgehead atoms. The molecule has 1 saturated heterocycles. The second-order valence-corrected chi connectivity index (χ2v) is 7.04. The van der Waals surface area contributed by atoms with Gasteiger partial charge in [-0.1, -0.05) is 12.1 Å². The Labute approximate surface area is 141 Å². The maximum Gasteiger partial charge on any atom is 0.182 e. The smallest absolute Gasteiger partial charge is 0.182 e. The van der Waals surface area contributed by atoms with Crippen molar-refractivity contribution < 1.29 is 4.74 Å². The van der Waals surface area contributed by atoms with Gasteiger partial charge in [0.05, 0.1) is 0 Å². The van der Waals surface area contributed by atoms with Crippen LogP contribution in [0.25, 0.3) is 12.3 Å². The van der Waals surface area contributed by atoms with E-state index in [1.54, 1.807) is 12.1 Å². The van der Waals surface area contributed by atoms with Gasteiger partial charge in [-0.15, -0.1) is 0 Å². The van der Waals surface area contributed by atoms with Crippen LogP contribution in [0.5, 0.6) is 5.75 Å². The van der Waals surface area contributed by atoms with Crippen LogP contribution in [-0.2, 0) is 0 Å². The number of benzene rings is 1. The van der Waals surface area contributed by atoms with E-state index in [2.05, 4.69) is 25.1 Å². The summed E-state index contributed by atoms with van der Waals surface area (Å²) in [6.07, 6.45) is 4.39. The van der Waals surface area contributed by atoms with Crippen molar-refractivity contribution in [1.29, 1.82) is 0 Å². The van der Waals surface area contributed by atoms with Gasteiger partial charge in [0.25, 0.3) is 0 Å². The summed E-state index contributed by atoms with van der Waals surface area (Å²) in [6.45, 7) is 5.96. The SMILES string of the molecule is Cc1ccc(/C=C/n2c(C)cc(=O)cc2C)cc1OC1CSC1. The first-order chi connectivity index (χ1) is 11.0. The molecule has 1 aromatic heterocycles. The fourth-order valence-electron chi connectivity index (χ4n) is 2.58. The van der Waals surface area contributed by atoms with Gasteiger partial charge in [-0.25, -0.2) is 0 Å². The predicted molar refractivity (Wildman–Crippen MR) is 98.3 cm³/mol. The number of ether oxygens (including phenoxy) is 1. The van der Waals surface area contributed by atoms with E-state index in [1.807, 2.05) is 42.5 Å². The zero-order valence-electron chi connectivity index (χ0n) is 13.7. The molecule has 0 N–H and O–H groups in total. The Kier molecular flexibility index (Phi) is 4.62. The number of thioether (sulfide) groups is 1. The fraction of sp³-hybridized carbons (Fsp3) is 0.316. The molecule has 23 heavy (non-hydrogen) atoms. The number of hydrogen-bond donors (Lipinski definition) is 0. The van der Waals surface area contributed by atoms with Crippen LogP contribution in [0, 0.1) is 20.8 Å². The summed E-state index contributed by atoms with van der Waals surface area (Å²) < 4.78 is 8.05. The van der Waals surface area contributed by atoms with Gasteiger partial charge in [0.2, 0.25) is 0 Å². The lowest BCUT2D eigenvalue weighted by molar-refractivity contribution is 0.238. The summed E-state index contributed by atoms with van der Waals surface area (Å²) in [5, 5.41) is 0. The van der Waals surface area contributed by atoms with Crippen LogP contribution < -0.4 is 10.2 Å². The molecule has 0 radical (unpaired) electrons. The van der Waals surface area contributed by atoms with E-state index < -0.39 is 0 Å². The van der Waals surface area contributed by atoms with Crippen molar-refractivity contribution >= 4 is 24.0 Å².